The molecule has 0 spiro atoms. The van der Waals surface area contributed by atoms with Crippen LogP contribution >= 0.6 is 0 Å². The summed E-state index contributed by atoms with van der Waals surface area (Å²) < 4.78 is 38.7. The van der Waals surface area contributed by atoms with E-state index in [0.29, 0.717) is 11.1 Å². The largest absolute Gasteiger partial charge is 0.744 e. The lowest BCUT2D eigenvalue weighted by Crippen LogP contribution is -2.25. The minimum atomic E-state index is -4.27. The van der Waals surface area contributed by atoms with Gasteiger partial charge in [-0.1, -0.05) is 17.7 Å². The Labute approximate surface area is 199 Å². The average molecular weight is 481 g/mol. The second-order valence-electron chi connectivity index (χ2n) is 7.86. The molecule has 8 heteroatoms. The van der Waals surface area contributed by atoms with E-state index < -0.39 is 10.1 Å². The van der Waals surface area contributed by atoms with Gasteiger partial charge in [-0.25, -0.2) is 17.8 Å². The van der Waals surface area contributed by atoms with Crippen molar-refractivity contribution in [2.45, 2.75) is 25.7 Å². The minimum Gasteiger partial charge on any atom is -0.744 e. The van der Waals surface area contributed by atoms with Crippen molar-refractivity contribution < 1.29 is 22.0 Å². The van der Waals surface area contributed by atoms with Crippen molar-refractivity contribution in [2.24, 2.45) is 7.05 Å². The van der Waals surface area contributed by atoms with Crippen molar-refractivity contribution in [3.05, 3.63) is 89.0 Å². The van der Waals surface area contributed by atoms with Gasteiger partial charge < -0.3 is 13.9 Å². The smallest absolute Gasteiger partial charge is 0.344 e. The van der Waals surface area contributed by atoms with Crippen LogP contribution in [-0.2, 0) is 17.2 Å². The molecule has 0 unspecified atom stereocenters. The van der Waals surface area contributed by atoms with E-state index in [1.165, 1.54) is 12.1 Å². The van der Waals surface area contributed by atoms with Crippen LogP contribution in [0.3, 0.4) is 0 Å². The lowest BCUT2D eigenvalue weighted by atomic mass is 10.1. The van der Waals surface area contributed by atoms with Crippen molar-refractivity contribution in [1.82, 2.24) is 0 Å². The number of aromatic nitrogens is 1. The third kappa shape index (κ3) is 6.09. The normalized spacial score (nSPS) is 11.1. The van der Waals surface area contributed by atoms with Crippen LogP contribution in [0.5, 0.6) is 0 Å². The molecule has 0 atom stereocenters. The van der Waals surface area contributed by atoms with E-state index in [2.05, 4.69) is 24.8 Å². The highest BCUT2D eigenvalue weighted by Crippen LogP contribution is 2.24. The molecule has 0 amide bonds. The van der Waals surface area contributed by atoms with Gasteiger partial charge in [0.1, 0.15) is 22.7 Å². The quantitative estimate of drug-likeness (QED) is 0.243. The Morgan fingerprint density at radius 1 is 0.941 bits per heavy atom. The first-order valence-corrected chi connectivity index (χ1v) is 12.3. The summed E-state index contributed by atoms with van der Waals surface area (Å²) in [6.45, 7) is 7.89. The molecular formula is C26H28N2O5S. The number of rotatable bonds is 5. The van der Waals surface area contributed by atoms with E-state index in [4.69, 9.17) is 4.42 Å². The van der Waals surface area contributed by atoms with Crippen LogP contribution in [0.2, 0.25) is 0 Å². The Morgan fingerprint density at radius 2 is 1.56 bits per heavy atom. The van der Waals surface area contributed by atoms with Gasteiger partial charge in [-0.3, -0.25) is 0 Å². The van der Waals surface area contributed by atoms with Gasteiger partial charge in [0.15, 0.2) is 12.4 Å². The predicted molar refractivity (Wildman–Crippen MR) is 132 cm³/mol. The van der Waals surface area contributed by atoms with Crippen LogP contribution in [0.15, 0.2) is 87.2 Å². The average Bonchev–Trinajstić information content (AvgIpc) is 2.80. The van der Waals surface area contributed by atoms with E-state index in [0.717, 1.165) is 35.3 Å². The zero-order valence-electron chi connectivity index (χ0n) is 19.7. The van der Waals surface area contributed by atoms with E-state index >= 15 is 0 Å². The Kier molecular flexibility index (Phi) is 7.86. The van der Waals surface area contributed by atoms with E-state index in [9.17, 15) is 17.8 Å². The zero-order chi connectivity index (χ0) is 24.9. The van der Waals surface area contributed by atoms with Crippen LogP contribution in [0, 0.1) is 6.92 Å². The van der Waals surface area contributed by atoms with Gasteiger partial charge >= 0.3 is 5.63 Å². The van der Waals surface area contributed by atoms with Gasteiger partial charge in [0.05, 0.1) is 10.5 Å². The second kappa shape index (κ2) is 10.6. The summed E-state index contributed by atoms with van der Waals surface area (Å²) in [5.41, 5.74) is 3.79. The third-order valence-electron chi connectivity index (χ3n) is 5.45. The summed E-state index contributed by atoms with van der Waals surface area (Å²) >= 11 is 0. The summed E-state index contributed by atoms with van der Waals surface area (Å²) in [5, 5.41) is 0.934. The Hall–Kier alpha value is -3.49. The molecule has 2 aromatic carbocycles. The summed E-state index contributed by atoms with van der Waals surface area (Å²) in [5.74, 6) is 0. The highest BCUT2D eigenvalue weighted by molar-refractivity contribution is 7.85. The highest BCUT2D eigenvalue weighted by Gasteiger charge is 2.11. The van der Waals surface area contributed by atoms with Crippen molar-refractivity contribution in [2.75, 3.05) is 18.0 Å². The van der Waals surface area contributed by atoms with Crippen molar-refractivity contribution in [3.8, 4) is 11.1 Å². The molecule has 2 heterocycles. The lowest BCUT2D eigenvalue weighted by molar-refractivity contribution is -0.671. The van der Waals surface area contributed by atoms with Crippen LogP contribution in [0.1, 0.15) is 19.4 Å². The maximum atomic E-state index is 12.4. The van der Waals surface area contributed by atoms with Crippen LogP contribution in [0.4, 0.5) is 5.69 Å². The standard InChI is InChI=1S/C19H21N2O2.C7H8O3S/c1-4-21(5-2)16-7-6-15-12-17(19(22)23-18(15)13-16)14-8-10-20(3)11-9-14;1-6-2-4-7(5-3-6)11(8,9)10/h6-13H,4-5H2,1-3H3;2-5H,1H3,(H,8,9,10)/q+1;/p-1. The van der Waals surface area contributed by atoms with Crippen LogP contribution in [0.25, 0.3) is 22.1 Å². The van der Waals surface area contributed by atoms with Gasteiger partial charge in [0, 0.05) is 47.9 Å². The lowest BCUT2D eigenvalue weighted by Gasteiger charge is -2.21. The fourth-order valence-electron chi connectivity index (χ4n) is 3.47. The molecule has 178 valence electrons. The summed E-state index contributed by atoms with van der Waals surface area (Å²) in [4.78, 5) is 14.4. The van der Waals surface area contributed by atoms with Gasteiger partial charge in [0.25, 0.3) is 0 Å². The van der Waals surface area contributed by atoms with Gasteiger partial charge in [-0.15, -0.1) is 0 Å². The SMILES string of the molecule is CCN(CC)c1ccc2cc(-c3cc[n+](C)cc3)c(=O)oc2c1.Cc1ccc(S(=O)(=O)[O-])cc1. The molecule has 0 N–H and O–H groups in total. The molecule has 34 heavy (non-hydrogen) atoms. The molecule has 0 saturated carbocycles. The minimum absolute atomic E-state index is 0.178. The molecule has 0 aliphatic heterocycles. The number of pyridine rings is 1. The topological polar surface area (TPSA) is 94.5 Å². The number of hydrogen-bond acceptors (Lipinski definition) is 6. The van der Waals surface area contributed by atoms with E-state index in [1.54, 1.807) is 12.1 Å². The molecule has 0 fully saturated rings. The molecule has 0 aliphatic carbocycles. The number of fused-ring (bicyclic) bond motifs is 1. The van der Waals surface area contributed by atoms with Crippen LogP contribution in [-0.4, -0.2) is 26.1 Å². The van der Waals surface area contributed by atoms with Crippen molar-refractivity contribution >= 4 is 26.8 Å². The first-order chi connectivity index (χ1) is 16.1. The maximum absolute atomic E-state index is 12.4. The van der Waals surface area contributed by atoms with E-state index in [-0.39, 0.29) is 10.5 Å². The summed E-state index contributed by atoms with van der Waals surface area (Å²) in [7, 11) is -2.32. The number of aryl methyl sites for hydroxylation is 2. The Morgan fingerprint density at radius 3 is 2.12 bits per heavy atom. The molecule has 4 aromatic rings. The first-order valence-electron chi connectivity index (χ1n) is 10.9. The van der Waals surface area contributed by atoms with E-state index in [1.807, 2.05) is 61.3 Å². The molecule has 0 radical (unpaired) electrons. The fraction of sp³-hybridized carbons (Fsp3) is 0.231. The number of benzene rings is 2. The number of anilines is 1. The van der Waals surface area contributed by atoms with Crippen molar-refractivity contribution in [3.63, 3.8) is 0 Å². The van der Waals surface area contributed by atoms with Gasteiger partial charge in [-0.05, 0) is 51.1 Å². The number of nitrogens with zero attached hydrogens (tertiary/aromatic N) is 2. The first kappa shape index (κ1) is 25.1. The molecular weight excluding hydrogens is 452 g/mol. The predicted octanol–water partition coefficient (Wildman–Crippen LogP) is 4.03. The molecule has 0 bridgehead atoms. The maximum Gasteiger partial charge on any atom is 0.344 e. The monoisotopic (exact) mass is 480 g/mol. The molecule has 7 nitrogen and oxygen atoms in total. The highest BCUT2D eigenvalue weighted by atomic mass is 32.2. The zero-order valence-corrected chi connectivity index (χ0v) is 20.5. The third-order valence-corrected chi connectivity index (χ3v) is 6.30. The molecule has 4 rings (SSSR count). The fourth-order valence-corrected chi connectivity index (χ4v) is 3.94. The molecule has 0 aliphatic rings. The number of hydrogen-bond donors (Lipinski definition) is 0. The summed E-state index contributed by atoms with van der Waals surface area (Å²) in [6, 6.07) is 17.6. The second-order valence-corrected chi connectivity index (χ2v) is 9.24. The van der Waals surface area contributed by atoms with Crippen LogP contribution < -0.4 is 15.1 Å². The van der Waals surface area contributed by atoms with Gasteiger partial charge in [0.2, 0.25) is 0 Å². The van der Waals surface area contributed by atoms with Gasteiger partial charge in [-0.2, -0.15) is 0 Å². The Bertz CT molecular complexity index is 1420. The summed E-state index contributed by atoms with van der Waals surface area (Å²) in [6.07, 6.45) is 3.84. The molecule has 2 aromatic heterocycles. The van der Waals surface area contributed by atoms with Crippen molar-refractivity contribution in [1.29, 1.82) is 0 Å². The molecule has 0 saturated heterocycles. The Balaban J connectivity index is 0.000000248.